The van der Waals surface area contributed by atoms with Crippen LogP contribution in [0.3, 0.4) is 0 Å². The van der Waals surface area contributed by atoms with Gasteiger partial charge in [0.1, 0.15) is 17.2 Å². The van der Waals surface area contributed by atoms with Crippen LogP contribution in [-0.4, -0.2) is 99.3 Å². The number of imide groups is 1. The molecule has 11 rings (SSSR count). The van der Waals surface area contributed by atoms with Gasteiger partial charge in [0.15, 0.2) is 10.8 Å². The van der Waals surface area contributed by atoms with Crippen LogP contribution in [0.4, 0.5) is 16.6 Å². The number of benzene rings is 4. The third-order valence-electron chi connectivity index (χ3n) is 16.9. The van der Waals surface area contributed by atoms with Crippen LogP contribution in [0, 0.1) is 18.3 Å². The fraction of sp³-hybridized carbons (Fsp3) is 0.462. The molecule has 3 amide bonds. The van der Waals surface area contributed by atoms with Gasteiger partial charge in [-0.15, -0.1) is 0 Å². The Labute approximate surface area is 479 Å². The highest BCUT2D eigenvalue weighted by Gasteiger charge is 2.41. The van der Waals surface area contributed by atoms with E-state index in [2.05, 4.69) is 77.3 Å². The number of carbonyl (C=O) groups excluding carboxylic acids is 4. The predicted molar refractivity (Wildman–Crippen MR) is 322 cm³/mol. The van der Waals surface area contributed by atoms with E-state index in [-0.39, 0.29) is 41.0 Å². The Morgan fingerprint density at radius 3 is 2.33 bits per heavy atom. The number of esters is 1. The van der Waals surface area contributed by atoms with E-state index < -0.39 is 17.5 Å². The zero-order valence-electron chi connectivity index (χ0n) is 48.3. The molecule has 2 atom stereocenters. The topological polar surface area (TPSA) is 164 Å². The fourth-order valence-corrected chi connectivity index (χ4v) is 13.7. The van der Waals surface area contributed by atoms with Crippen LogP contribution >= 0.6 is 11.3 Å². The van der Waals surface area contributed by atoms with E-state index in [1.807, 2.05) is 99.2 Å². The molecular formula is C65H77N9O6S. The number of rotatable bonds is 14. The lowest BCUT2D eigenvalue weighted by atomic mass is 9.75. The molecule has 6 heterocycles. The first-order valence-electron chi connectivity index (χ1n) is 29.2. The van der Waals surface area contributed by atoms with Crippen LogP contribution in [0.2, 0.25) is 0 Å². The third kappa shape index (κ3) is 12.1. The summed E-state index contributed by atoms with van der Waals surface area (Å²) in [5.41, 5.74) is 8.13. The fourth-order valence-electron chi connectivity index (χ4n) is 12.9. The van der Waals surface area contributed by atoms with E-state index in [0.29, 0.717) is 53.8 Å². The normalized spacial score (nSPS) is 20.1. The second-order valence-corrected chi connectivity index (χ2v) is 25.9. The van der Waals surface area contributed by atoms with Crippen molar-refractivity contribution in [2.75, 3.05) is 54.4 Å². The number of nitrogens with one attached hydrogen (secondary N) is 2. The number of aryl methyl sites for hydroxylation is 1. The molecule has 16 heteroatoms. The smallest absolute Gasteiger partial charge is 0.358 e. The first kappa shape index (κ1) is 55.7. The van der Waals surface area contributed by atoms with Gasteiger partial charge in [-0.2, -0.15) is 5.10 Å². The number of ether oxygens (including phenoxy) is 2. The molecule has 0 bridgehead atoms. The maximum atomic E-state index is 14.4. The van der Waals surface area contributed by atoms with Gasteiger partial charge in [-0.25, -0.2) is 14.8 Å². The number of nitrogens with zero attached hydrogens (tertiary/aromatic N) is 7. The van der Waals surface area contributed by atoms with Crippen LogP contribution in [0.1, 0.15) is 155 Å². The number of piperazine rings is 1. The van der Waals surface area contributed by atoms with Gasteiger partial charge in [0.05, 0.1) is 39.5 Å². The van der Waals surface area contributed by atoms with E-state index in [4.69, 9.17) is 24.5 Å². The number of unbranched alkanes of at least 4 members (excludes halogenated alkanes) is 1. The highest BCUT2D eigenvalue weighted by atomic mass is 32.1. The van der Waals surface area contributed by atoms with Crippen molar-refractivity contribution >= 4 is 72.8 Å². The molecule has 81 heavy (non-hydrogen) atoms. The lowest BCUT2D eigenvalue weighted by Gasteiger charge is -2.46. The lowest BCUT2D eigenvalue weighted by Crippen LogP contribution is -2.46. The van der Waals surface area contributed by atoms with Crippen molar-refractivity contribution in [3.8, 4) is 16.9 Å². The first-order chi connectivity index (χ1) is 38.8. The number of amides is 3. The highest BCUT2D eigenvalue weighted by Crippen LogP contribution is 2.47. The zero-order chi connectivity index (χ0) is 56.7. The van der Waals surface area contributed by atoms with Crippen molar-refractivity contribution in [3.63, 3.8) is 0 Å². The molecule has 3 aromatic heterocycles. The van der Waals surface area contributed by atoms with Crippen molar-refractivity contribution in [2.45, 2.75) is 136 Å². The summed E-state index contributed by atoms with van der Waals surface area (Å²) < 4.78 is 15.8. The molecule has 3 aliphatic heterocycles. The predicted octanol–water partition coefficient (Wildman–Crippen LogP) is 12.4. The Morgan fingerprint density at radius 2 is 1.58 bits per heavy atom. The Kier molecular flexibility index (Phi) is 15.8. The average Bonchev–Trinajstić information content (AvgIpc) is 4.20. The van der Waals surface area contributed by atoms with Gasteiger partial charge in [0, 0.05) is 68.4 Å². The van der Waals surface area contributed by atoms with Crippen LogP contribution in [0.25, 0.3) is 32.2 Å². The first-order valence-corrected chi connectivity index (χ1v) is 30.0. The number of hydrogen-bond donors (Lipinski definition) is 2. The van der Waals surface area contributed by atoms with Crippen molar-refractivity contribution in [1.29, 1.82) is 0 Å². The van der Waals surface area contributed by atoms with E-state index in [9.17, 15) is 19.2 Å². The summed E-state index contributed by atoms with van der Waals surface area (Å²) in [6.07, 6.45) is 9.63. The summed E-state index contributed by atoms with van der Waals surface area (Å²) in [4.78, 5) is 70.4. The highest BCUT2D eigenvalue weighted by molar-refractivity contribution is 7.22. The van der Waals surface area contributed by atoms with Gasteiger partial charge in [-0.3, -0.25) is 34.6 Å². The van der Waals surface area contributed by atoms with Crippen molar-refractivity contribution < 1.29 is 28.7 Å². The number of fused-ring (bicyclic) bond motifs is 3. The molecule has 1 aliphatic carbocycles. The number of piperidine rings is 1. The molecule has 1 saturated carbocycles. The number of aromatic nitrogens is 4. The molecular weight excluding hydrogens is 1030 g/mol. The molecule has 2 saturated heterocycles. The number of pyridine rings is 1. The average molecular weight is 1110 g/mol. The Morgan fingerprint density at radius 1 is 0.802 bits per heavy atom. The number of hydrogen-bond acceptors (Lipinski definition) is 13. The Bertz CT molecular complexity index is 3470. The van der Waals surface area contributed by atoms with Crippen LogP contribution in [0.15, 0.2) is 91.0 Å². The monoisotopic (exact) mass is 1110 g/mol. The number of anilines is 3. The van der Waals surface area contributed by atoms with E-state index in [1.54, 1.807) is 0 Å². The minimum absolute atomic E-state index is 0.118. The van der Waals surface area contributed by atoms with Crippen molar-refractivity contribution in [1.82, 2.24) is 30.0 Å². The van der Waals surface area contributed by atoms with Gasteiger partial charge < -0.3 is 19.3 Å². The largest absolute Gasteiger partial charge is 0.490 e. The van der Waals surface area contributed by atoms with Crippen LogP contribution in [0.5, 0.6) is 5.75 Å². The van der Waals surface area contributed by atoms with Crippen LogP contribution in [-0.2, 0) is 27.8 Å². The molecule has 2 N–H and O–H groups in total. The van der Waals surface area contributed by atoms with Crippen molar-refractivity contribution in [2.24, 2.45) is 18.4 Å². The third-order valence-corrected chi connectivity index (χ3v) is 17.9. The number of para-hydroxylation sites is 1. The molecule has 0 spiro atoms. The standard InChI is InChI=1S/C65H77N9O6S/c1-40-45(46-28-30-54(67-58(46)62(78)80-65(5,6)7)74-34-32-42-16-13-18-48(56(42)59(74)64(2,3)4)60(76)69-63-66-50-19-9-10-21-53(50)81-63)17-14-20-52(40)79-44-25-22-41(23-26-44)15-11-12-33-72-35-37-73(38-36-72)43-24-27-47-51(39-43)71(8)70-57(47)49-29-31-55(75)68-61(49)77/h9-10,13-14,16-21,24,27-28,30,39,41,44,49,59H,11-12,15,22-23,25-26,29,31-38H2,1-8H3,(H,66,69,76)(H,68,75,77). The molecule has 4 aliphatic rings. The molecule has 7 aromatic rings. The number of thiazole rings is 1. The van der Waals surface area contributed by atoms with E-state index >= 15 is 0 Å². The summed E-state index contributed by atoms with van der Waals surface area (Å²) in [7, 11) is 1.93. The van der Waals surface area contributed by atoms with Gasteiger partial charge in [-0.05, 0) is 167 Å². The maximum absolute atomic E-state index is 14.4. The van der Waals surface area contributed by atoms with Crippen molar-refractivity contribution in [3.05, 3.63) is 125 Å². The molecule has 2 unspecified atom stereocenters. The summed E-state index contributed by atoms with van der Waals surface area (Å²) >= 11 is 1.46. The molecule has 424 valence electrons. The zero-order valence-corrected chi connectivity index (χ0v) is 49.1. The van der Waals surface area contributed by atoms with Gasteiger partial charge >= 0.3 is 5.97 Å². The summed E-state index contributed by atoms with van der Waals surface area (Å²) in [5.74, 6) is 0.599. The van der Waals surface area contributed by atoms with Gasteiger partial charge in [0.25, 0.3) is 5.91 Å². The molecule has 15 nitrogen and oxygen atoms in total. The van der Waals surface area contributed by atoms with E-state index in [0.717, 1.165) is 113 Å². The van der Waals surface area contributed by atoms with Crippen LogP contribution < -0.4 is 25.2 Å². The minimum Gasteiger partial charge on any atom is -0.490 e. The molecule has 4 aromatic carbocycles. The Hall–Kier alpha value is -7.17. The summed E-state index contributed by atoms with van der Waals surface area (Å²) in [6, 6.07) is 30.2. The van der Waals surface area contributed by atoms with Gasteiger partial charge in [-0.1, -0.05) is 81.3 Å². The minimum atomic E-state index is -0.750. The maximum Gasteiger partial charge on any atom is 0.358 e. The molecule has 3 fully saturated rings. The van der Waals surface area contributed by atoms with Gasteiger partial charge in [0.2, 0.25) is 11.8 Å². The SMILES string of the molecule is Cc1c(OC2CCC(CCCCN3CCN(c4ccc5c(C6CCC(=O)NC6=O)nn(C)c5c4)CC3)CC2)cccc1-c1ccc(N2CCc3cccc(C(=O)Nc4nc5ccccc5s4)c3C2C(C)(C)C)nc1C(=O)OC(C)(C)C. The number of carbonyl (C=O) groups is 4. The van der Waals surface area contributed by atoms with E-state index in [1.165, 1.54) is 36.3 Å². The Balaban J connectivity index is 0.708. The summed E-state index contributed by atoms with van der Waals surface area (Å²) in [6.45, 7) is 20.0. The summed E-state index contributed by atoms with van der Waals surface area (Å²) in [5, 5.41) is 11.9. The second-order valence-electron chi connectivity index (χ2n) is 24.8. The quantitative estimate of drug-likeness (QED) is 0.0603. The molecule has 0 radical (unpaired) electrons. The lowest BCUT2D eigenvalue weighted by molar-refractivity contribution is -0.134. The second kappa shape index (κ2) is 23.0.